The van der Waals surface area contributed by atoms with Gasteiger partial charge in [0.1, 0.15) is 11.5 Å². The van der Waals surface area contributed by atoms with E-state index in [1.807, 2.05) is 0 Å². The maximum Gasteiger partial charge on any atom is 0.338 e. The Bertz CT molecular complexity index is 675. The first-order valence-electron chi connectivity index (χ1n) is 5.93. The Morgan fingerprint density at radius 2 is 1.80 bits per heavy atom. The molecular formula is C15H14O5. The minimum Gasteiger partial charge on any atom is -0.497 e. The van der Waals surface area contributed by atoms with E-state index in [0.717, 1.165) is 5.39 Å². The van der Waals surface area contributed by atoms with Crippen molar-refractivity contribution in [2.75, 3.05) is 14.2 Å². The van der Waals surface area contributed by atoms with Gasteiger partial charge < -0.3 is 14.2 Å². The summed E-state index contributed by atoms with van der Waals surface area (Å²) in [5, 5.41) is 1.44. The highest BCUT2D eigenvalue weighted by atomic mass is 16.5. The minimum absolute atomic E-state index is 0.300. The maximum absolute atomic E-state index is 11.6. The van der Waals surface area contributed by atoms with Gasteiger partial charge in [-0.2, -0.15) is 0 Å². The monoisotopic (exact) mass is 274 g/mol. The van der Waals surface area contributed by atoms with E-state index in [1.165, 1.54) is 20.1 Å². The second-order valence-electron chi connectivity index (χ2n) is 4.15. The lowest BCUT2D eigenvalue weighted by atomic mass is 10.1. The van der Waals surface area contributed by atoms with E-state index in [1.54, 1.807) is 31.4 Å². The fraction of sp³-hybridized carbons (Fsp3) is 0.200. The van der Waals surface area contributed by atoms with Crippen molar-refractivity contribution >= 4 is 22.7 Å². The summed E-state index contributed by atoms with van der Waals surface area (Å²) in [6, 6.07) is 8.45. The van der Waals surface area contributed by atoms with Gasteiger partial charge in [-0.1, -0.05) is 6.07 Å². The quantitative estimate of drug-likeness (QED) is 0.636. The van der Waals surface area contributed by atoms with Crippen LogP contribution < -0.4 is 9.47 Å². The number of benzene rings is 2. The van der Waals surface area contributed by atoms with Gasteiger partial charge >= 0.3 is 11.9 Å². The summed E-state index contributed by atoms with van der Waals surface area (Å²) in [4.78, 5) is 22.8. The Morgan fingerprint density at radius 3 is 2.40 bits per heavy atom. The fourth-order valence-corrected chi connectivity index (χ4v) is 1.90. The van der Waals surface area contributed by atoms with Crippen molar-refractivity contribution in [1.29, 1.82) is 0 Å². The molecule has 0 aliphatic heterocycles. The Kier molecular flexibility index (Phi) is 3.89. The van der Waals surface area contributed by atoms with E-state index >= 15 is 0 Å². The van der Waals surface area contributed by atoms with Crippen LogP contribution in [0.2, 0.25) is 0 Å². The molecule has 0 amide bonds. The summed E-state index contributed by atoms with van der Waals surface area (Å²) in [7, 11) is 2.85. The van der Waals surface area contributed by atoms with Crippen LogP contribution in [-0.2, 0) is 9.53 Å². The molecule has 0 aliphatic carbocycles. The molecule has 0 aliphatic rings. The summed E-state index contributed by atoms with van der Waals surface area (Å²) >= 11 is 0. The second kappa shape index (κ2) is 5.61. The number of carbonyl (C=O) groups excluding carboxylic acids is 2. The molecule has 0 N–H and O–H groups in total. The number of hydrogen-bond acceptors (Lipinski definition) is 5. The molecule has 2 aromatic carbocycles. The largest absolute Gasteiger partial charge is 0.497 e. The Morgan fingerprint density at radius 1 is 1.05 bits per heavy atom. The molecule has 0 spiro atoms. The number of rotatable bonds is 3. The van der Waals surface area contributed by atoms with E-state index in [2.05, 4.69) is 4.74 Å². The molecule has 2 rings (SSSR count). The smallest absolute Gasteiger partial charge is 0.338 e. The van der Waals surface area contributed by atoms with Crippen LogP contribution in [0.4, 0.5) is 0 Å². The van der Waals surface area contributed by atoms with Crippen molar-refractivity contribution in [3.8, 4) is 11.5 Å². The lowest BCUT2D eigenvalue weighted by molar-refractivity contribution is -0.131. The molecule has 5 nitrogen and oxygen atoms in total. The average Bonchev–Trinajstić information content (AvgIpc) is 2.45. The molecular weight excluding hydrogens is 260 g/mol. The zero-order chi connectivity index (χ0) is 14.7. The van der Waals surface area contributed by atoms with Crippen LogP contribution in [-0.4, -0.2) is 26.2 Å². The van der Waals surface area contributed by atoms with E-state index < -0.39 is 11.9 Å². The molecule has 2 aromatic rings. The van der Waals surface area contributed by atoms with Crippen molar-refractivity contribution in [2.45, 2.75) is 6.92 Å². The molecule has 0 saturated carbocycles. The first-order valence-corrected chi connectivity index (χ1v) is 5.93. The fourth-order valence-electron chi connectivity index (χ4n) is 1.90. The number of fused-ring (bicyclic) bond motifs is 1. The van der Waals surface area contributed by atoms with Gasteiger partial charge in [0.25, 0.3) is 0 Å². The van der Waals surface area contributed by atoms with Gasteiger partial charge in [-0.05, 0) is 29.7 Å². The van der Waals surface area contributed by atoms with Crippen molar-refractivity contribution in [1.82, 2.24) is 0 Å². The average molecular weight is 274 g/mol. The molecule has 0 radical (unpaired) electrons. The third-order valence-corrected chi connectivity index (χ3v) is 2.80. The summed E-state index contributed by atoms with van der Waals surface area (Å²) in [5.41, 5.74) is 0.321. The molecule has 0 saturated heterocycles. The van der Waals surface area contributed by atoms with Gasteiger partial charge in [-0.25, -0.2) is 4.79 Å². The Hall–Kier alpha value is -2.56. The van der Waals surface area contributed by atoms with E-state index in [9.17, 15) is 9.59 Å². The SMILES string of the molecule is COC(=O)c1cc(OC(C)=O)c2cc(OC)ccc2c1. The van der Waals surface area contributed by atoms with Crippen LogP contribution in [0, 0.1) is 0 Å². The maximum atomic E-state index is 11.6. The molecule has 0 fully saturated rings. The standard InChI is InChI=1S/C15H14O5/c1-9(16)20-14-7-11(15(17)19-3)6-10-4-5-12(18-2)8-13(10)14/h4-8H,1-3H3. The molecule has 104 valence electrons. The predicted octanol–water partition coefficient (Wildman–Crippen LogP) is 2.56. The highest BCUT2D eigenvalue weighted by Crippen LogP contribution is 2.31. The summed E-state index contributed by atoms with van der Waals surface area (Å²) in [6.07, 6.45) is 0. The van der Waals surface area contributed by atoms with Gasteiger partial charge in [-0.15, -0.1) is 0 Å². The van der Waals surface area contributed by atoms with Crippen LogP contribution >= 0.6 is 0 Å². The number of methoxy groups -OCH3 is 2. The zero-order valence-electron chi connectivity index (χ0n) is 11.4. The number of esters is 2. The van der Waals surface area contributed by atoms with Gasteiger partial charge in [0.15, 0.2) is 0 Å². The Balaban J connectivity index is 2.67. The molecule has 5 heteroatoms. The van der Waals surface area contributed by atoms with Gasteiger partial charge in [-0.3, -0.25) is 4.79 Å². The number of carbonyl (C=O) groups is 2. The number of hydrogen-bond donors (Lipinski definition) is 0. The van der Waals surface area contributed by atoms with Crippen LogP contribution in [0.3, 0.4) is 0 Å². The summed E-state index contributed by atoms with van der Waals surface area (Å²) < 4.78 is 15.0. The van der Waals surface area contributed by atoms with Gasteiger partial charge in [0, 0.05) is 12.3 Å². The Labute approximate surface area is 116 Å². The first kappa shape index (κ1) is 13.9. The molecule has 20 heavy (non-hydrogen) atoms. The highest BCUT2D eigenvalue weighted by molar-refractivity contribution is 5.99. The van der Waals surface area contributed by atoms with Gasteiger partial charge in [0.05, 0.1) is 19.8 Å². The normalized spacial score (nSPS) is 10.2. The van der Waals surface area contributed by atoms with E-state index in [0.29, 0.717) is 22.4 Å². The van der Waals surface area contributed by atoms with Crippen LogP contribution in [0.15, 0.2) is 30.3 Å². The first-order chi connectivity index (χ1) is 9.55. The molecule has 0 heterocycles. The van der Waals surface area contributed by atoms with Crippen LogP contribution in [0.1, 0.15) is 17.3 Å². The van der Waals surface area contributed by atoms with Crippen molar-refractivity contribution in [2.24, 2.45) is 0 Å². The zero-order valence-corrected chi connectivity index (χ0v) is 11.4. The molecule has 0 unspecified atom stereocenters. The third kappa shape index (κ3) is 2.71. The van der Waals surface area contributed by atoms with Crippen molar-refractivity contribution in [3.05, 3.63) is 35.9 Å². The molecule has 0 atom stereocenters. The molecule has 0 bridgehead atoms. The van der Waals surface area contributed by atoms with E-state index in [4.69, 9.17) is 9.47 Å². The van der Waals surface area contributed by atoms with Crippen molar-refractivity contribution < 1.29 is 23.8 Å². The number of ether oxygens (including phenoxy) is 3. The molecule has 0 aromatic heterocycles. The summed E-state index contributed by atoms with van der Waals surface area (Å²) in [5.74, 6) is -0.0155. The highest BCUT2D eigenvalue weighted by Gasteiger charge is 2.13. The van der Waals surface area contributed by atoms with Crippen LogP contribution in [0.25, 0.3) is 10.8 Å². The minimum atomic E-state index is -0.490. The van der Waals surface area contributed by atoms with Crippen molar-refractivity contribution in [3.63, 3.8) is 0 Å². The van der Waals surface area contributed by atoms with E-state index in [-0.39, 0.29) is 0 Å². The summed E-state index contributed by atoms with van der Waals surface area (Å²) in [6.45, 7) is 1.30. The topological polar surface area (TPSA) is 61.8 Å². The lowest BCUT2D eigenvalue weighted by Gasteiger charge is -2.10. The second-order valence-corrected chi connectivity index (χ2v) is 4.15. The lowest BCUT2D eigenvalue weighted by Crippen LogP contribution is -2.05. The predicted molar refractivity (Wildman–Crippen MR) is 73.1 cm³/mol. The van der Waals surface area contributed by atoms with Crippen LogP contribution in [0.5, 0.6) is 11.5 Å². The van der Waals surface area contributed by atoms with Gasteiger partial charge in [0.2, 0.25) is 0 Å². The third-order valence-electron chi connectivity index (χ3n) is 2.80.